The molecule has 0 spiro atoms. The zero-order valence-electron chi connectivity index (χ0n) is 18.6. The summed E-state index contributed by atoms with van der Waals surface area (Å²) in [6.07, 6.45) is 9.80. The van der Waals surface area contributed by atoms with Gasteiger partial charge in [-0.25, -0.2) is 15.0 Å². The van der Waals surface area contributed by atoms with Gasteiger partial charge in [0.1, 0.15) is 11.6 Å². The summed E-state index contributed by atoms with van der Waals surface area (Å²) >= 11 is 0. The van der Waals surface area contributed by atoms with Crippen molar-refractivity contribution in [1.29, 1.82) is 0 Å². The van der Waals surface area contributed by atoms with Gasteiger partial charge in [-0.05, 0) is 55.0 Å². The van der Waals surface area contributed by atoms with Crippen LogP contribution < -0.4 is 16.0 Å². The van der Waals surface area contributed by atoms with Crippen molar-refractivity contribution >= 4 is 22.5 Å². The Morgan fingerprint density at radius 1 is 1.03 bits per heavy atom. The van der Waals surface area contributed by atoms with Crippen LogP contribution in [0.25, 0.3) is 33.5 Å². The van der Waals surface area contributed by atoms with E-state index in [2.05, 4.69) is 25.2 Å². The minimum absolute atomic E-state index is 0.471. The highest BCUT2D eigenvalue weighted by molar-refractivity contribution is 5.94. The number of rotatable bonds is 4. The second-order valence-electron chi connectivity index (χ2n) is 8.82. The van der Waals surface area contributed by atoms with Crippen molar-refractivity contribution in [3.63, 3.8) is 0 Å². The van der Waals surface area contributed by atoms with E-state index in [0.717, 1.165) is 65.3 Å². The van der Waals surface area contributed by atoms with E-state index >= 15 is 0 Å². The molecule has 8 nitrogen and oxygen atoms in total. The van der Waals surface area contributed by atoms with E-state index in [4.69, 9.17) is 15.7 Å². The fourth-order valence-electron chi connectivity index (χ4n) is 4.65. The van der Waals surface area contributed by atoms with E-state index in [1.54, 1.807) is 12.4 Å². The van der Waals surface area contributed by atoms with E-state index in [1.807, 2.05) is 37.5 Å². The van der Waals surface area contributed by atoms with Crippen LogP contribution in [0.3, 0.4) is 0 Å². The van der Waals surface area contributed by atoms with Crippen LogP contribution in [0.2, 0.25) is 0 Å². The maximum absolute atomic E-state index is 6.19. The standard InChI is InChI=1S/C25H26N8/c1-15-4-6-30-23(26)21(15)19-12-17(5-7-29-19)24-31-20-14-28-13-18(16-2-3-16)22(20)25(32-24)33-10-8-27-9-11-33/h4-7,12-14,16,27H,2-3,8-11H2,1H3,(H2,26,30). The number of pyridine rings is 3. The smallest absolute Gasteiger partial charge is 0.162 e. The van der Waals surface area contributed by atoms with Gasteiger partial charge in [0, 0.05) is 61.3 Å². The van der Waals surface area contributed by atoms with Crippen LogP contribution in [0.1, 0.15) is 29.9 Å². The summed E-state index contributed by atoms with van der Waals surface area (Å²) in [5.74, 6) is 2.73. The highest BCUT2D eigenvalue weighted by Gasteiger charge is 2.29. The van der Waals surface area contributed by atoms with Crippen molar-refractivity contribution in [2.45, 2.75) is 25.7 Å². The Bertz CT molecular complexity index is 1320. The number of nitrogen functional groups attached to an aromatic ring is 1. The first-order valence-electron chi connectivity index (χ1n) is 11.5. The molecule has 3 N–H and O–H groups in total. The molecule has 2 fully saturated rings. The number of nitrogens with zero attached hydrogens (tertiary/aromatic N) is 6. The molecule has 4 aromatic heterocycles. The number of hydrogen-bond donors (Lipinski definition) is 2. The molecule has 0 bridgehead atoms. The molecule has 0 radical (unpaired) electrons. The Hall–Kier alpha value is -3.65. The third-order valence-electron chi connectivity index (χ3n) is 6.51. The first-order valence-corrected chi connectivity index (χ1v) is 11.5. The van der Waals surface area contributed by atoms with Gasteiger partial charge in [0.25, 0.3) is 0 Å². The van der Waals surface area contributed by atoms with E-state index in [1.165, 1.54) is 18.4 Å². The number of nitrogens with one attached hydrogen (secondary N) is 1. The zero-order chi connectivity index (χ0) is 22.4. The fraction of sp³-hybridized carbons (Fsp3) is 0.320. The van der Waals surface area contributed by atoms with Gasteiger partial charge in [0.2, 0.25) is 0 Å². The summed E-state index contributed by atoms with van der Waals surface area (Å²) in [7, 11) is 0. The van der Waals surface area contributed by atoms with Gasteiger partial charge in [-0.3, -0.25) is 9.97 Å². The highest BCUT2D eigenvalue weighted by atomic mass is 15.2. The lowest BCUT2D eigenvalue weighted by Gasteiger charge is -2.30. The lowest BCUT2D eigenvalue weighted by molar-refractivity contribution is 0.586. The Labute approximate surface area is 192 Å². The quantitative estimate of drug-likeness (QED) is 0.500. The van der Waals surface area contributed by atoms with Gasteiger partial charge in [0.05, 0.1) is 17.4 Å². The topological polar surface area (TPSA) is 106 Å². The molecular weight excluding hydrogens is 412 g/mol. The molecule has 1 saturated heterocycles. The monoisotopic (exact) mass is 438 g/mol. The van der Waals surface area contributed by atoms with E-state index in [9.17, 15) is 0 Å². The zero-order valence-corrected chi connectivity index (χ0v) is 18.6. The second kappa shape index (κ2) is 8.04. The molecule has 2 aliphatic rings. The van der Waals surface area contributed by atoms with Gasteiger partial charge in [-0.15, -0.1) is 0 Å². The van der Waals surface area contributed by atoms with E-state index in [-0.39, 0.29) is 0 Å². The molecule has 6 rings (SSSR count). The number of aromatic nitrogens is 5. The molecular formula is C25H26N8. The molecule has 4 aromatic rings. The molecule has 0 aromatic carbocycles. The van der Waals surface area contributed by atoms with Crippen molar-refractivity contribution < 1.29 is 0 Å². The lowest BCUT2D eigenvalue weighted by atomic mass is 10.0. The van der Waals surface area contributed by atoms with Crippen molar-refractivity contribution in [2.75, 3.05) is 36.8 Å². The number of aryl methyl sites for hydroxylation is 1. The van der Waals surface area contributed by atoms with Crippen LogP contribution in [0.4, 0.5) is 11.6 Å². The fourth-order valence-corrected chi connectivity index (χ4v) is 4.65. The van der Waals surface area contributed by atoms with Crippen molar-refractivity contribution in [1.82, 2.24) is 30.2 Å². The average Bonchev–Trinajstić information content (AvgIpc) is 3.69. The Balaban J connectivity index is 1.52. The Kier molecular flexibility index (Phi) is 4.87. The third-order valence-corrected chi connectivity index (χ3v) is 6.51. The molecule has 166 valence electrons. The van der Waals surface area contributed by atoms with Crippen LogP contribution >= 0.6 is 0 Å². The summed E-state index contributed by atoms with van der Waals surface area (Å²) in [4.78, 5) is 25.8. The largest absolute Gasteiger partial charge is 0.383 e. The summed E-state index contributed by atoms with van der Waals surface area (Å²) in [5, 5.41) is 4.59. The molecule has 8 heteroatoms. The maximum Gasteiger partial charge on any atom is 0.162 e. The van der Waals surface area contributed by atoms with E-state index in [0.29, 0.717) is 17.6 Å². The summed E-state index contributed by atoms with van der Waals surface area (Å²) in [6.45, 7) is 5.76. The Morgan fingerprint density at radius 3 is 2.64 bits per heavy atom. The molecule has 5 heterocycles. The first kappa shape index (κ1) is 20.0. The SMILES string of the molecule is Cc1ccnc(N)c1-c1cc(-c2nc(N3CCNCC3)c3c(C4CC4)cncc3n2)ccn1. The predicted octanol–water partition coefficient (Wildman–Crippen LogP) is 3.33. The molecule has 1 aliphatic carbocycles. The molecule has 1 aliphatic heterocycles. The van der Waals surface area contributed by atoms with Gasteiger partial charge in [0.15, 0.2) is 5.82 Å². The second-order valence-corrected chi connectivity index (χ2v) is 8.82. The molecule has 1 saturated carbocycles. The molecule has 33 heavy (non-hydrogen) atoms. The number of anilines is 2. The molecule has 0 amide bonds. The minimum Gasteiger partial charge on any atom is -0.383 e. The summed E-state index contributed by atoms with van der Waals surface area (Å²) in [6, 6.07) is 5.90. The van der Waals surface area contributed by atoms with Gasteiger partial charge in [-0.2, -0.15) is 0 Å². The molecule has 0 atom stereocenters. The number of fused-ring (bicyclic) bond motifs is 1. The van der Waals surface area contributed by atoms with Crippen molar-refractivity contribution in [3.8, 4) is 22.6 Å². The van der Waals surface area contributed by atoms with Gasteiger partial charge >= 0.3 is 0 Å². The van der Waals surface area contributed by atoms with Crippen LogP contribution in [0, 0.1) is 6.92 Å². The highest BCUT2D eigenvalue weighted by Crippen LogP contribution is 2.45. The number of nitrogens with two attached hydrogens (primary N) is 1. The summed E-state index contributed by atoms with van der Waals surface area (Å²) in [5.41, 5.74) is 11.9. The van der Waals surface area contributed by atoms with Crippen LogP contribution in [0.5, 0.6) is 0 Å². The van der Waals surface area contributed by atoms with Crippen LogP contribution in [-0.4, -0.2) is 51.1 Å². The Morgan fingerprint density at radius 2 is 1.85 bits per heavy atom. The summed E-state index contributed by atoms with van der Waals surface area (Å²) < 4.78 is 0. The normalized spacial score (nSPS) is 16.3. The van der Waals surface area contributed by atoms with Crippen LogP contribution in [-0.2, 0) is 0 Å². The van der Waals surface area contributed by atoms with Crippen molar-refractivity contribution in [3.05, 3.63) is 54.1 Å². The third kappa shape index (κ3) is 3.66. The lowest BCUT2D eigenvalue weighted by Crippen LogP contribution is -2.44. The van der Waals surface area contributed by atoms with Gasteiger partial charge in [-0.1, -0.05) is 0 Å². The minimum atomic E-state index is 0.471. The van der Waals surface area contributed by atoms with E-state index < -0.39 is 0 Å². The van der Waals surface area contributed by atoms with Crippen LogP contribution in [0.15, 0.2) is 43.0 Å². The van der Waals surface area contributed by atoms with Gasteiger partial charge < -0.3 is 16.0 Å². The maximum atomic E-state index is 6.19. The van der Waals surface area contributed by atoms with Crippen molar-refractivity contribution in [2.24, 2.45) is 0 Å². The molecule has 0 unspecified atom stereocenters. The number of hydrogen-bond acceptors (Lipinski definition) is 8. The first-order chi connectivity index (χ1) is 16.2. The number of piperazine rings is 1. The predicted molar refractivity (Wildman–Crippen MR) is 130 cm³/mol. The average molecular weight is 439 g/mol.